The van der Waals surface area contributed by atoms with Gasteiger partial charge in [-0.05, 0) is 23.8 Å². The number of carbonyl (C=O) groups is 2. The number of rotatable bonds is 9. The van der Waals surface area contributed by atoms with E-state index in [0.29, 0.717) is 17.2 Å². The number of amides is 1. The first-order valence-corrected chi connectivity index (χ1v) is 10.1. The zero-order valence-electron chi connectivity index (χ0n) is 16.6. The average molecular weight is 426 g/mol. The fourth-order valence-corrected chi connectivity index (χ4v) is 3.77. The van der Waals surface area contributed by atoms with Gasteiger partial charge in [0.05, 0.1) is 26.3 Å². The minimum atomic E-state index is -1.07. The zero-order chi connectivity index (χ0) is 21.5. The Morgan fingerprint density at radius 1 is 1.10 bits per heavy atom. The van der Waals surface area contributed by atoms with Gasteiger partial charge in [-0.15, -0.1) is 11.3 Å². The van der Waals surface area contributed by atoms with E-state index in [4.69, 9.17) is 9.47 Å². The van der Waals surface area contributed by atoms with Crippen LogP contribution in [0.1, 0.15) is 11.3 Å². The molecule has 0 unspecified atom stereocenters. The van der Waals surface area contributed by atoms with Crippen molar-refractivity contribution in [3.63, 3.8) is 0 Å². The first-order valence-electron chi connectivity index (χ1n) is 9.23. The van der Waals surface area contributed by atoms with Crippen molar-refractivity contribution >= 4 is 23.2 Å². The molecule has 3 rings (SSSR count). The number of methoxy groups -OCH3 is 2. The topological polar surface area (TPSA) is 97.8 Å². The lowest BCUT2D eigenvalue weighted by atomic mass is 10.1. The Hall–Kier alpha value is -3.39. The predicted octanol–water partition coefficient (Wildman–Crippen LogP) is 3.18. The second-order valence-electron chi connectivity index (χ2n) is 6.54. The molecule has 156 valence electrons. The Balaban J connectivity index is 1.66. The third-order valence-corrected chi connectivity index (χ3v) is 5.38. The van der Waals surface area contributed by atoms with E-state index in [9.17, 15) is 14.7 Å². The molecule has 0 aliphatic rings. The highest BCUT2D eigenvalue weighted by Gasteiger charge is 2.21. The highest BCUT2D eigenvalue weighted by atomic mass is 32.1. The lowest BCUT2D eigenvalue weighted by Gasteiger charge is -2.14. The summed E-state index contributed by atoms with van der Waals surface area (Å²) in [4.78, 5) is 28.4. The summed E-state index contributed by atoms with van der Waals surface area (Å²) in [7, 11) is 3.13. The number of benzene rings is 2. The van der Waals surface area contributed by atoms with Crippen LogP contribution in [-0.4, -0.2) is 42.2 Å². The van der Waals surface area contributed by atoms with Crippen molar-refractivity contribution in [2.45, 2.75) is 18.9 Å². The third kappa shape index (κ3) is 5.36. The van der Waals surface area contributed by atoms with E-state index in [1.165, 1.54) is 11.3 Å². The summed E-state index contributed by atoms with van der Waals surface area (Å²) in [6, 6.07) is 13.7. The maximum Gasteiger partial charge on any atom is 0.326 e. The van der Waals surface area contributed by atoms with E-state index in [1.54, 1.807) is 25.7 Å². The average Bonchev–Trinajstić information content (AvgIpc) is 3.21. The molecule has 2 aromatic carbocycles. The summed E-state index contributed by atoms with van der Waals surface area (Å²) in [5.74, 6) is -0.246. The van der Waals surface area contributed by atoms with Gasteiger partial charge in [0.2, 0.25) is 5.91 Å². The number of hydrogen-bond acceptors (Lipinski definition) is 6. The van der Waals surface area contributed by atoms with Crippen LogP contribution in [0, 0.1) is 0 Å². The van der Waals surface area contributed by atoms with Gasteiger partial charge in [0.15, 0.2) is 11.5 Å². The van der Waals surface area contributed by atoms with Crippen LogP contribution in [0.15, 0.2) is 53.9 Å². The number of aliphatic carboxylic acids is 1. The van der Waals surface area contributed by atoms with Crippen LogP contribution >= 0.6 is 11.3 Å². The molecule has 0 radical (unpaired) electrons. The molecule has 7 nitrogen and oxygen atoms in total. The van der Waals surface area contributed by atoms with Crippen LogP contribution in [0.5, 0.6) is 11.5 Å². The molecule has 0 saturated carbocycles. The zero-order valence-corrected chi connectivity index (χ0v) is 17.4. The monoisotopic (exact) mass is 426 g/mol. The highest BCUT2D eigenvalue weighted by molar-refractivity contribution is 7.13. The van der Waals surface area contributed by atoms with Gasteiger partial charge in [0.25, 0.3) is 0 Å². The van der Waals surface area contributed by atoms with Gasteiger partial charge in [-0.3, -0.25) is 4.79 Å². The van der Waals surface area contributed by atoms with Gasteiger partial charge in [-0.25, -0.2) is 9.78 Å². The van der Waals surface area contributed by atoms with Crippen molar-refractivity contribution in [1.82, 2.24) is 10.3 Å². The van der Waals surface area contributed by atoms with Crippen molar-refractivity contribution in [3.8, 4) is 22.1 Å². The molecular formula is C22H22N2O5S. The van der Waals surface area contributed by atoms with Crippen molar-refractivity contribution in [2.75, 3.05) is 14.2 Å². The molecule has 0 fully saturated rings. The summed E-state index contributed by atoms with van der Waals surface area (Å²) >= 11 is 1.40. The van der Waals surface area contributed by atoms with Crippen LogP contribution < -0.4 is 14.8 Å². The standard InChI is InChI=1S/C22H22N2O5S/c1-28-18-9-8-15(11-19(18)29-2)21-23-16(13-30-21)12-20(25)24-17(22(26)27)10-14-6-4-3-5-7-14/h3-9,11,13,17H,10,12H2,1-2H3,(H,24,25)(H,26,27)/t17-/m0/s1. The minimum Gasteiger partial charge on any atom is -0.493 e. The van der Waals surface area contributed by atoms with Gasteiger partial charge in [0.1, 0.15) is 11.0 Å². The molecule has 3 aromatic rings. The van der Waals surface area contributed by atoms with Gasteiger partial charge in [-0.1, -0.05) is 30.3 Å². The van der Waals surface area contributed by atoms with Crippen molar-refractivity contribution < 1.29 is 24.2 Å². The van der Waals surface area contributed by atoms with Crippen molar-refractivity contribution in [2.24, 2.45) is 0 Å². The maximum absolute atomic E-state index is 12.4. The Kier molecular flexibility index (Phi) is 7.03. The smallest absolute Gasteiger partial charge is 0.326 e. The number of carboxylic acids is 1. The fraction of sp³-hybridized carbons (Fsp3) is 0.227. The van der Waals surface area contributed by atoms with E-state index in [-0.39, 0.29) is 18.7 Å². The molecule has 0 spiro atoms. The number of nitrogens with zero attached hydrogens (tertiary/aromatic N) is 1. The molecular weight excluding hydrogens is 404 g/mol. The van der Waals surface area contributed by atoms with Gasteiger partial charge in [0, 0.05) is 17.4 Å². The molecule has 0 bridgehead atoms. The maximum atomic E-state index is 12.4. The van der Waals surface area contributed by atoms with Crippen molar-refractivity contribution in [3.05, 3.63) is 65.2 Å². The molecule has 0 aliphatic heterocycles. The Bertz CT molecular complexity index is 1020. The van der Waals surface area contributed by atoms with E-state index in [0.717, 1.165) is 16.1 Å². The quantitative estimate of drug-likeness (QED) is 0.545. The highest BCUT2D eigenvalue weighted by Crippen LogP contribution is 2.33. The van der Waals surface area contributed by atoms with E-state index in [1.807, 2.05) is 42.5 Å². The first-order chi connectivity index (χ1) is 14.5. The lowest BCUT2D eigenvalue weighted by molar-refractivity contribution is -0.141. The number of thiazole rings is 1. The van der Waals surface area contributed by atoms with Crippen LogP contribution in [0.2, 0.25) is 0 Å². The molecule has 1 amide bonds. The summed E-state index contributed by atoms with van der Waals surface area (Å²) in [5, 5.41) is 14.6. The Morgan fingerprint density at radius 3 is 2.50 bits per heavy atom. The normalized spacial score (nSPS) is 11.5. The van der Waals surface area contributed by atoms with Crippen LogP contribution in [-0.2, 0) is 22.4 Å². The molecule has 1 heterocycles. The van der Waals surface area contributed by atoms with Gasteiger partial charge >= 0.3 is 5.97 Å². The summed E-state index contributed by atoms with van der Waals surface area (Å²) in [6.07, 6.45) is 0.220. The van der Waals surface area contributed by atoms with E-state index >= 15 is 0 Å². The first kappa shape index (κ1) is 21.3. The van der Waals surface area contributed by atoms with Crippen LogP contribution in [0.4, 0.5) is 0 Å². The number of carboxylic acid groups (broad SMARTS) is 1. The van der Waals surface area contributed by atoms with Crippen LogP contribution in [0.25, 0.3) is 10.6 Å². The number of hydrogen-bond donors (Lipinski definition) is 2. The Labute approximate surface area is 178 Å². The predicted molar refractivity (Wildman–Crippen MR) is 114 cm³/mol. The molecule has 30 heavy (non-hydrogen) atoms. The van der Waals surface area contributed by atoms with E-state index in [2.05, 4.69) is 10.3 Å². The Morgan fingerprint density at radius 2 is 1.83 bits per heavy atom. The van der Waals surface area contributed by atoms with Crippen LogP contribution in [0.3, 0.4) is 0 Å². The van der Waals surface area contributed by atoms with Gasteiger partial charge < -0.3 is 19.9 Å². The lowest BCUT2D eigenvalue weighted by Crippen LogP contribution is -2.43. The summed E-state index contributed by atoms with van der Waals surface area (Å²) in [6.45, 7) is 0. The summed E-state index contributed by atoms with van der Waals surface area (Å²) in [5.41, 5.74) is 2.26. The minimum absolute atomic E-state index is 0.00234. The third-order valence-electron chi connectivity index (χ3n) is 4.44. The number of aromatic nitrogens is 1. The molecule has 0 saturated heterocycles. The second kappa shape index (κ2) is 9.89. The number of ether oxygens (including phenoxy) is 2. The fourth-order valence-electron chi connectivity index (χ4n) is 2.95. The number of carbonyl (C=O) groups excluding carboxylic acids is 1. The largest absolute Gasteiger partial charge is 0.493 e. The summed E-state index contributed by atoms with van der Waals surface area (Å²) < 4.78 is 10.6. The van der Waals surface area contributed by atoms with Crippen molar-refractivity contribution in [1.29, 1.82) is 0 Å². The van der Waals surface area contributed by atoms with Gasteiger partial charge in [-0.2, -0.15) is 0 Å². The molecule has 0 aliphatic carbocycles. The van der Waals surface area contributed by atoms with E-state index < -0.39 is 12.0 Å². The molecule has 1 aromatic heterocycles. The molecule has 8 heteroatoms. The molecule has 2 N–H and O–H groups in total. The SMILES string of the molecule is COc1ccc(-c2nc(CC(=O)N[C@@H](Cc3ccccc3)C(=O)O)cs2)cc1OC. The number of nitrogens with one attached hydrogen (secondary N) is 1. The second-order valence-corrected chi connectivity index (χ2v) is 7.40. The molecule has 1 atom stereocenters.